The lowest BCUT2D eigenvalue weighted by Crippen LogP contribution is -2.51. The largest absolute Gasteiger partial charge is 0.376 e. The highest BCUT2D eigenvalue weighted by atomic mass is 32.2. The van der Waals surface area contributed by atoms with Crippen LogP contribution in [0.1, 0.15) is 66.9 Å². The number of hydrogen-bond donors (Lipinski definition) is 1. The van der Waals surface area contributed by atoms with E-state index in [0.717, 1.165) is 38.5 Å². The number of nitrogens with one attached hydrogen (secondary N) is 1. The van der Waals surface area contributed by atoms with Crippen LogP contribution < -0.4 is 5.32 Å². The van der Waals surface area contributed by atoms with Crippen molar-refractivity contribution in [3.63, 3.8) is 0 Å². The number of rotatable bonds is 8. The Morgan fingerprint density at radius 2 is 1.74 bits per heavy atom. The number of carbonyl (C=O) groups is 3. The lowest BCUT2D eigenvalue weighted by molar-refractivity contribution is -0.142. The van der Waals surface area contributed by atoms with Crippen LogP contribution in [0.4, 0.5) is 4.39 Å². The number of halogens is 1. The number of amides is 3. The van der Waals surface area contributed by atoms with E-state index < -0.39 is 46.1 Å². The summed E-state index contributed by atoms with van der Waals surface area (Å²) in [6.07, 6.45) is 5.80. The van der Waals surface area contributed by atoms with Crippen molar-refractivity contribution in [2.45, 2.75) is 68.0 Å². The van der Waals surface area contributed by atoms with Crippen molar-refractivity contribution < 1.29 is 31.9 Å². The van der Waals surface area contributed by atoms with Gasteiger partial charge in [-0.2, -0.15) is 0 Å². The average Bonchev–Trinajstić information content (AvgIpc) is 3.51. The second-order valence-electron chi connectivity index (χ2n) is 10.3. The summed E-state index contributed by atoms with van der Waals surface area (Å²) in [6.45, 7) is -0.235. The topological polar surface area (TPSA) is 113 Å². The van der Waals surface area contributed by atoms with E-state index in [1.54, 1.807) is 6.07 Å². The molecule has 5 rings (SSSR count). The first-order valence-electron chi connectivity index (χ1n) is 13.4. The number of ether oxygens (including phenoxy) is 1. The smallest absolute Gasteiger partial charge is 0.269 e. The van der Waals surface area contributed by atoms with Crippen molar-refractivity contribution in [2.24, 2.45) is 0 Å². The molecule has 208 valence electrons. The van der Waals surface area contributed by atoms with E-state index in [4.69, 9.17) is 4.74 Å². The van der Waals surface area contributed by atoms with Crippen molar-refractivity contribution >= 4 is 27.7 Å². The molecule has 0 aromatic heterocycles. The molecule has 3 amide bonds. The molecule has 3 aliphatic rings. The molecule has 2 heterocycles. The summed E-state index contributed by atoms with van der Waals surface area (Å²) in [6, 6.07) is 9.93. The van der Waals surface area contributed by atoms with Gasteiger partial charge in [-0.25, -0.2) is 17.1 Å². The van der Waals surface area contributed by atoms with Crippen molar-refractivity contribution in [1.82, 2.24) is 14.5 Å². The van der Waals surface area contributed by atoms with Crippen molar-refractivity contribution in [1.29, 1.82) is 0 Å². The second-order valence-corrected chi connectivity index (χ2v) is 12.1. The van der Waals surface area contributed by atoms with Crippen molar-refractivity contribution in [3.05, 3.63) is 65.5 Å². The number of fused-ring (bicyclic) bond motifs is 1. The fourth-order valence-corrected chi connectivity index (χ4v) is 7.12. The zero-order chi connectivity index (χ0) is 27.6. The minimum absolute atomic E-state index is 0.00102. The molecule has 1 aliphatic carbocycles. The summed E-state index contributed by atoms with van der Waals surface area (Å²) in [5, 5.41) is 3.06. The van der Waals surface area contributed by atoms with Gasteiger partial charge in [-0.05, 0) is 55.5 Å². The highest BCUT2D eigenvalue weighted by Gasteiger charge is 2.44. The highest BCUT2D eigenvalue weighted by Crippen LogP contribution is 2.31. The standard InChI is InChI=1S/C28H32FN3O6S/c29-20-14-12-19(13-15-20)26(27(34)30-21-7-2-1-3-8-21)31(17-22-9-6-16-38-22)25(33)18-32-28(35)23-10-4-5-11-24(23)39(32,36)37/h4-5,10-15,21-22,26H,1-3,6-9,16-18H2,(H,30,34). The second kappa shape index (κ2) is 11.4. The molecule has 0 spiro atoms. The van der Waals surface area contributed by atoms with E-state index in [1.807, 2.05) is 0 Å². The molecule has 0 bridgehead atoms. The Labute approximate surface area is 227 Å². The summed E-state index contributed by atoms with van der Waals surface area (Å²) in [7, 11) is -4.24. The van der Waals surface area contributed by atoms with E-state index >= 15 is 0 Å². The van der Waals surface area contributed by atoms with Gasteiger partial charge in [0.25, 0.3) is 15.9 Å². The molecular formula is C28H32FN3O6S. The van der Waals surface area contributed by atoms with E-state index in [1.165, 1.54) is 47.4 Å². The Morgan fingerprint density at radius 1 is 1.03 bits per heavy atom. The number of benzene rings is 2. The Kier molecular flexibility index (Phi) is 7.99. The van der Waals surface area contributed by atoms with Gasteiger partial charge in [0.1, 0.15) is 23.3 Å². The Balaban J connectivity index is 1.48. The maximum atomic E-state index is 13.9. The van der Waals surface area contributed by atoms with E-state index in [-0.39, 0.29) is 29.1 Å². The predicted molar refractivity (Wildman–Crippen MR) is 140 cm³/mol. The van der Waals surface area contributed by atoms with Crippen LogP contribution in [0.25, 0.3) is 0 Å². The van der Waals surface area contributed by atoms with Crippen molar-refractivity contribution in [2.75, 3.05) is 19.7 Å². The quantitative estimate of drug-likeness (QED) is 0.534. The van der Waals surface area contributed by atoms with Gasteiger partial charge in [-0.1, -0.05) is 43.5 Å². The molecule has 2 aliphatic heterocycles. The Morgan fingerprint density at radius 3 is 2.41 bits per heavy atom. The van der Waals surface area contributed by atoms with Gasteiger partial charge in [-0.3, -0.25) is 14.4 Å². The van der Waals surface area contributed by atoms with Gasteiger partial charge < -0.3 is 15.0 Å². The summed E-state index contributed by atoms with van der Waals surface area (Å²) in [5.74, 6) is -2.43. The Hall–Kier alpha value is -3.31. The third-order valence-corrected chi connectivity index (χ3v) is 9.42. The van der Waals surface area contributed by atoms with Crippen LogP contribution in [0.15, 0.2) is 53.4 Å². The molecule has 1 N–H and O–H groups in total. The first kappa shape index (κ1) is 27.3. The SMILES string of the molecule is O=C(NC1CCCCC1)C(c1ccc(F)cc1)N(CC1CCCO1)C(=O)CN1C(=O)c2ccccc2S1(=O)=O. The van der Waals surface area contributed by atoms with Crippen LogP contribution >= 0.6 is 0 Å². The van der Waals surface area contributed by atoms with Gasteiger partial charge in [-0.15, -0.1) is 0 Å². The van der Waals surface area contributed by atoms with Gasteiger partial charge in [0.05, 0.1) is 11.7 Å². The van der Waals surface area contributed by atoms with Crippen LogP contribution in [0.5, 0.6) is 0 Å². The first-order valence-corrected chi connectivity index (χ1v) is 14.8. The zero-order valence-electron chi connectivity index (χ0n) is 21.6. The highest BCUT2D eigenvalue weighted by molar-refractivity contribution is 7.90. The summed E-state index contributed by atoms with van der Waals surface area (Å²) >= 11 is 0. The predicted octanol–water partition coefficient (Wildman–Crippen LogP) is 3.17. The van der Waals surface area contributed by atoms with E-state index in [2.05, 4.69) is 5.32 Å². The fourth-order valence-electron chi connectivity index (χ4n) is 5.60. The normalized spacial score (nSPS) is 21.4. The fraction of sp³-hybridized carbons (Fsp3) is 0.464. The zero-order valence-corrected chi connectivity index (χ0v) is 22.4. The molecular weight excluding hydrogens is 525 g/mol. The van der Waals surface area contributed by atoms with Gasteiger partial charge >= 0.3 is 0 Å². The van der Waals surface area contributed by atoms with Gasteiger partial charge in [0, 0.05) is 19.2 Å². The molecule has 1 saturated carbocycles. The third-order valence-electron chi connectivity index (χ3n) is 7.63. The van der Waals surface area contributed by atoms with Crippen LogP contribution in [-0.2, 0) is 24.3 Å². The average molecular weight is 558 g/mol. The van der Waals surface area contributed by atoms with Crippen molar-refractivity contribution in [3.8, 4) is 0 Å². The third kappa shape index (κ3) is 5.69. The number of sulfonamides is 1. The summed E-state index contributed by atoms with van der Waals surface area (Å²) < 4.78 is 46.5. The number of hydrogen-bond acceptors (Lipinski definition) is 6. The first-order chi connectivity index (χ1) is 18.8. The molecule has 9 nitrogen and oxygen atoms in total. The molecule has 39 heavy (non-hydrogen) atoms. The molecule has 2 unspecified atom stereocenters. The minimum atomic E-state index is -4.24. The summed E-state index contributed by atoms with van der Waals surface area (Å²) in [4.78, 5) is 41.8. The van der Waals surface area contributed by atoms with Gasteiger partial charge in [0.2, 0.25) is 11.8 Å². The van der Waals surface area contributed by atoms with Gasteiger partial charge in [0.15, 0.2) is 0 Å². The lowest BCUT2D eigenvalue weighted by Gasteiger charge is -2.35. The molecule has 2 atom stereocenters. The lowest BCUT2D eigenvalue weighted by atomic mass is 9.94. The molecule has 0 radical (unpaired) electrons. The minimum Gasteiger partial charge on any atom is -0.376 e. The monoisotopic (exact) mass is 557 g/mol. The van der Waals surface area contributed by atoms with Crippen LogP contribution in [0.3, 0.4) is 0 Å². The maximum Gasteiger partial charge on any atom is 0.269 e. The van der Waals surface area contributed by atoms with E-state index in [0.29, 0.717) is 22.9 Å². The molecule has 2 aromatic carbocycles. The molecule has 2 fully saturated rings. The van der Waals surface area contributed by atoms with E-state index in [9.17, 15) is 27.2 Å². The Bertz CT molecular complexity index is 1340. The molecule has 11 heteroatoms. The molecule has 2 aromatic rings. The number of nitrogens with zero attached hydrogens (tertiary/aromatic N) is 2. The number of carbonyl (C=O) groups excluding carboxylic acids is 3. The molecule has 1 saturated heterocycles. The van der Waals surface area contributed by atoms with Crippen LogP contribution in [0.2, 0.25) is 0 Å². The van der Waals surface area contributed by atoms with Crippen LogP contribution in [-0.4, -0.2) is 67.2 Å². The maximum absolute atomic E-state index is 13.9. The summed E-state index contributed by atoms with van der Waals surface area (Å²) in [5.41, 5.74) is 0.385. The van der Waals surface area contributed by atoms with Crippen LogP contribution in [0, 0.1) is 5.82 Å².